The quantitative estimate of drug-likeness (QED) is 0.448. The molecule has 0 radical (unpaired) electrons. The zero-order valence-electron chi connectivity index (χ0n) is 10.8. The van der Waals surface area contributed by atoms with Crippen LogP contribution in [0.4, 0.5) is 5.69 Å². The van der Waals surface area contributed by atoms with Crippen LogP contribution in [-0.4, -0.2) is 33.1 Å². The molecular formula is C11H15ClN2O5S. The zero-order valence-corrected chi connectivity index (χ0v) is 12.4. The Labute approximate surface area is 122 Å². The first-order valence-electron chi connectivity index (χ1n) is 5.90. The third-order valence-corrected chi connectivity index (χ3v) is 4.32. The van der Waals surface area contributed by atoms with Gasteiger partial charge in [-0.15, -0.1) is 0 Å². The van der Waals surface area contributed by atoms with Crippen molar-refractivity contribution < 1.29 is 18.1 Å². The molecule has 0 spiro atoms. The van der Waals surface area contributed by atoms with Crippen LogP contribution in [0.15, 0.2) is 23.1 Å². The second kappa shape index (κ2) is 7.53. The summed E-state index contributed by atoms with van der Waals surface area (Å²) in [5, 5.41) is 10.6. The highest BCUT2D eigenvalue weighted by Crippen LogP contribution is 2.25. The maximum Gasteiger partial charge on any atom is 0.270 e. The van der Waals surface area contributed by atoms with E-state index >= 15 is 0 Å². The van der Waals surface area contributed by atoms with Crippen LogP contribution in [0.3, 0.4) is 0 Å². The van der Waals surface area contributed by atoms with Crippen LogP contribution < -0.4 is 4.72 Å². The molecule has 0 saturated heterocycles. The molecule has 0 atom stereocenters. The Morgan fingerprint density at radius 1 is 1.45 bits per heavy atom. The van der Waals surface area contributed by atoms with Crippen molar-refractivity contribution in [2.45, 2.75) is 18.2 Å². The molecule has 0 aliphatic carbocycles. The third-order valence-electron chi connectivity index (χ3n) is 2.38. The summed E-state index contributed by atoms with van der Waals surface area (Å²) in [6.45, 7) is 3.00. The SMILES string of the molecule is CCOCCCNS(=O)(=O)c1cc([N+](=O)[O-])ccc1Cl. The van der Waals surface area contributed by atoms with Crippen LogP contribution in [-0.2, 0) is 14.8 Å². The normalized spacial score (nSPS) is 11.5. The molecule has 0 amide bonds. The van der Waals surface area contributed by atoms with Crippen LogP contribution in [0.5, 0.6) is 0 Å². The number of nitrogens with zero attached hydrogens (tertiary/aromatic N) is 1. The lowest BCUT2D eigenvalue weighted by atomic mass is 10.3. The van der Waals surface area contributed by atoms with E-state index in [2.05, 4.69) is 4.72 Å². The van der Waals surface area contributed by atoms with Gasteiger partial charge in [0.25, 0.3) is 5.69 Å². The first-order chi connectivity index (χ1) is 9.38. The second-order valence-electron chi connectivity index (χ2n) is 3.82. The number of nitrogens with one attached hydrogen (secondary N) is 1. The highest BCUT2D eigenvalue weighted by atomic mass is 35.5. The summed E-state index contributed by atoms with van der Waals surface area (Å²) in [4.78, 5) is 9.68. The molecule has 0 fully saturated rings. The fraction of sp³-hybridized carbons (Fsp3) is 0.455. The van der Waals surface area contributed by atoms with Crippen molar-refractivity contribution in [3.05, 3.63) is 33.3 Å². The number of hydrogen-bond acceptors (Lipinski definition) is 5. The van der Waals surface area contributed by atoms with Crippen molar-refractivity contribution in [3.8, 4) is 0 Å². The van der Waals surface area contributed by atoms with Crippen LogP contribution >= 0.6 is 11.6 Å². The summed E-state index contributed by atoms with van der Waals surface area (Å²) < 4.78 is 31.4. The Morgan fingerprint density at radius 3 is 2.75 bits per heavy atom. The monoisotopic (exact) mass is 322 g/mol. The number of ether oxygens (including phenoxy) is 1. The minimum absolute atomic E-state index is 0.0621. The van der Waals surface area contributed by atoms with Gasteiger partial charge in [-0.25, -0.2) is 13.1 Å². The Kier molecular flexibility index (Phi) is 6.34. The maximum absolute atomic E-state index is 12.0. The summed E-state index contributed by atoms with van der Waals surface area (Å²) in [5.74, 6) is 0. The Hall–Kier alpha value is -1.22. The van der Waals surface area contributed by atoms with Gasteiger partial charge in [-0.05, 0) is 19.4 Å². The van der Waals surface area contributed by atoms with E-state index in [1.54, 1.807) is 0 Å². The van der Waals surface area contributed by atoms with Gasteiger partial charge in [0.2, 0.25) is 10.0 Å². The zero-order chi connectivity index (χ0) is 15.2. The molecule has 1 aromatic carbocycles. The molecule has 0 unspecified atom stereocenters. The summed E-state index contributed by atoms with van der Waals surface area (Å²) in [6, 6.07) is 3.28. The molecule has 0 aliphatic rings. The van der Waals surface area contributed by atoms with Gasteiger partial charge in [0.15, 0.2) is 0 Å². The van der Waals surface area contributed by atoms with Gasteiger partial charge in [-0.3, -0.25) is 10.1 Å². The lowest BCUT2D eigenvalue weighted by Crippen LogP contribution is -2.26. The van der Waals surface area contributed by atoms with Crippen LogP contribution in [0.1, 0.15) is 13.3 Å². The van der Waals surface area contributed by atoms with Gasteiger partial charge < -0.3 is 4.74 Å². The van der Waals surface area contributed by atoms with Gasteiger partial charge in [0.05, 0.1) is 9.95 Å². The molecule has 0 saturated carbocycles. The van der Waals surface area contributed by atoms with Gasteiger partial charge in [-0.1, -0.05) is 11.6 Å². The molecule has 0 bridgehead atoms. The number of benzene rings is 1. The molecule has 1 N–H and O–H groups in total. The summed E-state index contributed by atoms with van der Waals surface area (Å²) in [7, 11) is -3.88. The molecule has 1 rings (SSSR count). The Balaban J connectivity index is 2.81. The highest BCUT2D eigenvalue weighted by molar-refractivity contribution is 7.89. The predicted molar refractivity (Wildman–Crippen MR) is 74.4 cm³/mol. The highest BCUT2D eigenvalue weighted by Gasteiger charge is 2.21. The summed E-state index contributed by atoms with van der Waals surface area (Å²) >= 11 is 5.78. The number of hydrogen-bond donors (Lipinski definition) is 1. The van der Waals surface area contributed by atoms with E-state index in [0.717, 1.165) is 12.1 Å². The van der Waals surface area contributed by atoms with Gasteiger partial charge in [0.1, 0.15) is 4.90 Å². The number of nitro groups is 1. The third kappa shape index (κ3) is 4.71. The van der Waals surface area contributed by atoms with Crippen molar-refractivity contribution in [1.82, 2.24) is 4.72 Å². The molecule has 9 heteroatoms. The van der Waals surface area contributed by atoms with Crippen molar-refractivity contribution >= 4 is 27.3 Å². The van der Waals surface area contributed by atoms with Crippen molar-refractivity contribution in [3.63, 3.8) is 0 Å². The van der Waals surface area contributed by atoms with Gasteiger partial charge in [-0.2, -0.15) is 0 Å². The van der Waals surface area contributed by atoms with Crippen molar-refractivity contribution in [1.29, 1.82) is 0 Å². The number of non-ortho nitro benzene ring substituents is 1. The molecule has 112 valence electrons. The first kappa shape index (κ1) is 16.8. The van der Waals surface area contributed by atoms with Crippen molar-refractivity contribution in [2.75, 3.05) is 19.8 Å². The van der Waals surface area contributed by atoms with Crippen LogP contribution in [0, 0.1) is 10.1 Å². The number of rotatable bonds is 8. The molecular weight excluding hydrogens is 308 g/mol. The van der Waals surface area contributed by atoms with E-state index < -0.39 is 14.9 Å². The molecule has 1 aromatic rings. The fourth-order valence-electron chi connectivity index (χ4n) is 1.41. The number of sulfonamides is 1. The standard InChI is InChI=1S/C11H15ClN2O5S/c1-2-19-7-3-6-13-20(17,18)11-8-9(14(15)16)4-5-10(11)12/h4-5,8,13H,2-3,6-7H2,1H3. The first-order valence-corrected chi connectivity index (χ1v) is 7.76. The van der Waals surface area contributed by atoms with E-state index in [9.17, 15) is 18.5 Å². The van der Waals surface area contributed by atoms with Crippen LogP contribution in [0.25, 0.3) is 0 Å². The largest absolute Gasteiger partial charge is 0.382 e. The molecule has 0 aliphatic heterocycles. The fourth-order valence-corrected chi connectivity index (χ4v) is 3.01. The summed E-state index contributed by atoms with van der Waals surface area (Å²) in [6.07, 6.45) is 0.500. The number of halogens is 1. The summed E-state index contributed by atoms with van der Waals surface area (Å²) in [5.41, 5.74) is -0.330. The molecule has 7 nitrogen and oxygen atoms in total. The average molecular weight is 323 g/mol. The van der Waals surface area contributed by atoms with Gasteiger partial charge in [0, 0.05) is 31.9 Å². The Morgan fingerprint density at radius 2 is 2.15 bits per heavy atom. The van der Waals surface area contributed by atoms with Crippen molar-refractivity contribution in [2.24, 2.45) is 0 Å². The number of nitro benzene ring substituents is 1. The minimum atomic E-state index is -3.88. The Bertz CT molecular complexity index is 576. The molecule has 20 heavy (non-hydrogen) atoms. The minimum Gasteiger partial charge on any atom is -0.382 e. The maximum atomic E-state index is 12.0. The lowest BCUT2D eigenvalue weighted by molar-refractivity contribution is -0.385. The average Bonchev–Trinajstić information content (AvgIpc) is 2.38. The predicted octanol–water partition coefficient (Wildman–Crippen LogP) is 1.95. The second-order valence-corrected chi connectivity index (χ2v) is 5.96. The lowest BCUT2D eigenvalue weighted by Gasteiger charge is -2.08. The van der Waals surface area contributed by atoms with E-state index in [1.807, 2.05) is 6.92 Å². The molecule has 0 aromatic heterocycles. The van der Waals surface area contributed by atoms with E-state index in [0.29, 0.717) is 19.6 Å². The topological polar surface area (TPSA) is 98.5 Å². The van der Waals surface area contributed by atoms with E-state index in [1.165, 1.54) is 6.07 Å². The van der Waals surface area contributed by atoms with E-state index in [-0.39, 0.29) is 22.2 Å². The molecule has 0 heterocycles. The van der Waals surface area contributed by atoms with Crippen LogP contribution in [0.2, 0.25) is 5.02 Å². The van der Waals surface area contributed by atoms with Gasteiger partial charge >= 0.3 is 0 Å². The van der Waals surface area contributed by atoms with E-state index in [4.69, 9.17) is 16.3 Å². The smallest absolute Gasteiger partial charge is 0.270 e.